The zero-order chi connectivity index (χ0) is 19.8. The molecule has 0 aromatic heterocycles. The van der Waals surface area contributed by atoms with E-state index in [4.69, 9.17) is 0 Å². The molecule has 0 amide bonds. The minimum Gasteiger partial charge on any atom is -0.376 e. The van der Waals surface area contributed by atoms with Crippen LogP contribution in [0, 0.1) is 0 Å². The first-order valence-electron chi connectivity index (χ1n) is 8.69. The number of nitrogens with one attached hydrogen (secondary N) is 1. The van der Waals surface area contributed by atoms with Gasteiger partial charge < -0.3 is 5.32 Å². The Kier molecular flexibility index (Phi) is 9.13. The van der Waals surface area contributed by atoms with Crippen molar-refractivity contribution in [1.82, 2.24) is 0 Å². The number of hydrogen-bond donors (Lipinski definition) is 1. The van der Waals surface area contributed by atoms with Crippen molar-refractivity contribution >= 4 is 17.4 Å². The molecular formula is C18H25F6NS. The minimum absolute atomic E-state index is 0.136. The van der Waals surface area contributed by atoms with Gasteiger partial charge in [0.15, 0.2) is 0 Å². The molecular weight excluding hydrogens is 376 g/mol. The van der Waals surface area contributed by atoms with E-state index in [0.717, 1.165) is 19.3 Å². The summed E-state index contributed by atoms with van der Waals surface area (Å²) in [6.07, 6.45) is -2.87. The van der Waals surface area contributed by atoms with Crippen LogP contribution in [-0.2, 0) is 12.4 Å². The summed E-state index contributed by atoms with van der Waals surface area (Å²) in [4.78, 5) is 0. The van der Waals surface area contributed by atoms with Crippen molar-refractivity contribution in [3.05, 3.63) is 29.3 Å². The van der Waals surface area contributed by atoms with Crippen LogP contribution in [0.15, 0.2) is 18.2 Å². The minimum atomic E-state index is -4.82. The maximum atomic E-state index is 12.8. The fourth-order valence-corrected chi connectivity index (χ4v) is 3.31. The third kappa shape index (κ3) is 8.56. The first-order chi connectivity index (χ1) is 12.0. The summed E-state index contributed by atoms with van der Waals surface area (Å²) in [5.74, 6) is 0.259. The molecule has 1 nitrogen and oxygen atoms in total. The third-order valence-corrected chi connectivity index (χ3v) is 5.06. The molecule has 150 valence electrons. The number of benzene rings is 1. The van der Waals surface area contributed by atoms with Crippen molar-refractivity contribution in [3.8, 4) is 0 Å². The lowest BCUT2D eigenvalue weighted by atomic mass is 10.1. The Morgan fingerprint density at radius 1 is 0.885 bits per heavy atom. The number of alkyl halides is 6. The van der Waals surface area contributed by atoms with Crippen molar-refractivity contribution in [1.29, 1.82) is 0 Å². The average Bonchev–Trinajstić information content (AvgIpc) is 2.53. The van der Waals surface area contributed by atoms with Crippen molar-refractivity contribution in [2.45, 2.75) is 70.0 Å². The fourth-order valence-electron chi connectivity index (χ4n) is 2.44. The molecule has 0 aliphatic rings. The molecule has 0 saturated carbocycles. The Balaban J connectivity index is 2.58. The van der Waals surface area contributed by atoms with E-state index in [1.165, 1.54) is 31.0 Å². The van der Waals surface area contributed by atoms with E-state index in [2.05, 4.69) is 12.2 Å². The molecule has 26 heavy (non-hydrogen) atoms. The molecule has 0 radical (unpaired) electrons. The number of thioether (sulfide) groups is 1. The van der Waals surface area contributed by atoms with Gasteiger partial charge in [0, 0.05) is 10.9 Å². The Morgan fingerprint density at radius 3 is 1.92 bits per heavy atom. The van der Waals surface area contributed by atoms with Crippen LogP contribution in [0.4, 0.5) is 32.0 Å². The SMILES string of the molecule is CCCCCCC[C@@H](C)SCNc1cc(C(F)(F)F)cc(C(F)(F)F)c1. The van der Waals surface area contributed by atoms with Gasteiger partial charge in [0.2, 0.25) is 0 Å². The maximum Gasteiger partial charge on any atom is 0.416 e. The maximum absolute atomic E-state index is 12.8. The van der Waals surface area contributed by atoms with Gasteiger partial charge in [-0.2, -0.15) is 26.3 Å². The van der Waals surface area contributed by atoms with Crippen LogP contribution in [0.5, 0.6) is 0 Å². The van der Waals surface area contributed by atoms with Crippen LogP contribution in [0.2, 0.25) is 0 Å². The van der Waals surface area contributed by atoms with E-state index in [-0.39, 0.29) is 22.9 Å². The second-order valence-corrected chi connectivity index (χ2v) is 7.72. The molecule has 0 heterocycles. The van der Waals surface area contributed by atoms with Crippen LogP contribution in [0.25, 0.3) is 0 Å². The molecule has 0 aliphatic heterocycles. The first kappa shape index (κ1) is 23.0. The number of unbranched alkanes of at least 4 members (excludes halogenated alkanes) is 4. The van der Waals surface area contributed by atoms with E-state index in [1.54, 1.807) is 0 Å². The van der Waals surface area contributed by atoms with E-state index in [0.29, 0.717) is 12.1 Å². The van der Waals surface area contributed by atoms with Crippen LogP contribution in [-0.4, -0.2) is 11.1 Å². The van der Waals surface area contributed by atoms with Gasteiger partial charge in [0.05, 0.1) is 17.0 Å². The average molecular weight is 401 g/mol. The predicted molar refractivity (Wildman–Crippen MR) is 95.4 cm³/mol. The molecule has 1 atom stereocenters. The van der Waals surface area contributed by atoms with Gasteiger partial charge in [-0.05, 0) is 24.6 Å². The van der Waals surface area contributed by atoms with Crippen LogP contribution in [0.3, 0.4) is 0 Å². The predicted octanol–water partition coefficient (Wildman–Crippen LogP) is 7.58. The van der Waals surface area contributed by atoms with Crippen molar-refractivity contribution in [3.63, 3.8) is 0 Å². The zero-order valence-corrected chi connectivity index (χ0v) is 15.8. The number of hydrogen-bond acceptors (Lipinski definition) is 2. The summed E-state index contributed by atoms with van der Waals surface area (Å²) in [7, 11) is 0. The van der Waals surface area contributed by atoms with E-state index in [9.17, 15) is 26.3 Å². The summed E-state index contributed by atoms with van der Waals surface area (Å²) < 4.78 is 76.9. The quantitative estimate of drug-likeness (QED) is 0.246. The van der Waals surface area contributed by atoms with E-state index in [1.807, 2.05) is 6.92 Å². The molecule has 0 spiro atoms. The van der Waals surface area contributed by atoms with Gasteiger partial charge in [0.1, 0.15) is 0 Å². The number of rotatable bonds is 10. The van der Waals surface area contributed by atoms with Crippen molar-refractivity contribution in [2.24, 2.45) is 0 Å². The monoisotopic (exact) mass is 401 g/mol. The van der Waals surface area contributed by atoms with E-state index < -0.39 is 23.5 Å². The molecule has 1 aromatic carbocycles. The molecule has 1 rings (SSSR count). The van der Waals surface area contributed by atoms with Gasteiger partial charge in [-0.25, -0.2) is 0 Å². The van der Waals surface area contributed by atoms with Crippen LogP contribution >= 0.6 is 11.8 Å². The molecule has 0 aliphatic carbocycles. The van der Waals surface area contributed by atoms with Gasteiger partial charge in [-0.15, -0.1) is 11.8 Å². The highest BCUT2D eigenvalue weighted by Gasteiger charge is 2.36. The highest BCUT2D eigenvalue weighted by atomic mass is 32.2. The molecule has 8 heteroatoms. The molecule has 0 fully saturated rings. The lowest BCUT2D eigenvalue weighted by molar-refractivity contribution is -0.143. The summed E-state index contributed by atoms with van der Waals surface area (Å²) in [6.45, 7) is 4.15. The van der Waals surface area contributed by atoms with Crippen LogP contribution in [0.1, 0.15) is 63.5 Å². The van der Waals surface area contributed by atoms with Crippen molar-refractivity contribution in [2.75, 3.05) is 11.2 Å². The van der Waals surface area contributed by atoms with Crippen LogP contribution < -0.4 is 5.32 Å². The van der Waals surface area contributed by atoms with Crippen molar-refractivity contribution < 1.29 is 26.3 Å². The smallest absolute Gasteiger partial charge is 0.376 e. The Bertz CT molecular complexity index is 509. The van der Waals surface area contributed by atoms with Gasteiger partial charge in [-0.1, -0.05) is 46.0 Å². The topological polar surface area (TPSA) is 12.0 Å². The van der Waals surface area contributed by atoms with Gasteiger partial charge in [-0.3, -0.25) is 0 Å². The molecule has 0 bridgehead atoms. The number of anilines is 1. The van der Waals surface area contributed by atoms with Gasteiger partial charge >= 0.3 is 12.4 Å². The second kappa shape index (κ2) is 10.3. The molecule has 1 aromatic rings. The highest BCUT2D eigenvalue weighted by molar-refractivity contribution is 7.99. The number of halogens is 6. The highest BCUT2D eigenvalue weighted by Crippen LogP contribution is 2.37. The standard InChI is InChI=1S/C18H25F6NS/c1-3-4-5-6-7-8-13(2)26-12-25-16-10-14(17(19,20)21)9-15(11-16)18(22,23)24/h9-11,13,25H,3-8,12H2,1-2H3/t13-/m1/s1. The second-order valence-electron chi connectivity index (χ2n) is 6.30. The third-order valence-electron chi connectivity index (χ3n) is 3.95. The fraction of sp³-hybridized carbons (Fsp3) is 0.667. The first-order valence-corrected chi connectivity index (χ1v) is 9.74. The summed E-state index contributed by atoms with van der Waals surface area (Å²) in [5.41, 5.74) is -2.78. The normalized spacial score (nSPS) is 13.7. The Labute approximate surface area is 154 Å². The van der Waals surface area contributed by atoms with Gasteiger partial charge in [0.25, 0.3) is 0 Å². The lowest BCUT2D eigenvalue weighted by Crippen LogP contribution is -2.12. The molecule has 0 saturated heterocycles. The molecule has 0 unspecified atom stereocenters. The lowest BCUT2D eigenvalue weighted by Gasteiger charge is -2.16. The molecule has 1 N–H and O–H groups in total. The van der Waals surface area contributed by atoms with E-state index >= 15 is 0 Å². The summed E-state index contributed by atoms with van der Waals surface area (Å²) in [5, 5.41) is 2.96. The summed E-state index contributed by atoms with van der Waals surface area (Å²) in [6, 6.07) is 1.56. The zero-order valence-electron chi connectivity index (χ0n) is 14.9. The Morgan fingerprint density at radius 2 is 1.42 bits per heavy atom. The Hall–Kier alpha value is -1.05. The largest absolute Gasteiger partial charge is 0.416 e. The summed E-state index contributed by atoms with van der Waals surface area (Å²) >= 11 is 1.49.